The van der Waals surface area contributed by atoms with Gasteiger partial charge in [0.15, 0.2) is 21.3 Å². The summed E-state index contributed by atoms with van der Waals surface area (Å²) in [6, 6.07) is 8.58. The topological polar surface area (TPSA) is 110 Å². The van der Waals surface area contributed by atoms with E-state index >= 15 is 0 Å². The van der Waals surface area contributed by atoms with Gasteiger partial charge in [-0.25, -0.2) is 19.3 Å². The van der Waals surface area contributed by atoms with Gasteiger partial charge in [0, 0.05) is 19.1 Å². The van der Waals surface area contributed by atoms with Gasteiger partial charge < -0.3 is 18.8 Å². The first-order valence-electron chi connectivity index (χ1n) is 9.43. The Hall–Kier alpha value is -2.56. The summed E-state index contributed by atoms with van der Waals surface area (Å²) in [5.74, 6) is 1.61. The zero-order valence-corrected chi connectivity index (χ0v) is 16.4. The second-order valence-corrected chi connectivity index (χ2v) is 9.78. The number of benzene rings is 1. The van der Waals surface area contributed by atoms with E-state index in [2.05, 4.69) is 10.9 Å². The van der Waals surface area contributed by atoms with Crippen LogP contribution in [0.4, 0.5) is 0 Å². The molecule has 0 spiro atoms. The van der Waals surface area contributed by atoms with Gasteiger partial charge in [0.2, 0.25) is 12.7 Å². The van der Waals surface area contributed by atoms with Gasteiger partial charge in [0.1, 0.15) is 17.6 Å². The molecule has 2 N–H and O–H groups in total. The lowest BCUT2D eigenvalue weighted by molar-refractivity contribution is -0.136. The van der Waals surface area contributed by atoms with Crippen molar-refractivity contribution in [3.05, 3.63) is 47.9 Å². The Morgan fingerprint density at radius 3 is 2.76 bits per heavy atom. The van der Waals surface area contributed by atoms with Crippen LogP contribution in [0.25, 0.3) is 0 Å². The SMILES string of the molecule is O=C(C1CC(c2ccc3c(c2)OCO3)NN1)N1CC(S(=O)(=O)Cc2ccco2)C1. The van der Waals surface area contributed by atoms with E-state index in [1.165, 1.54) is 6.26 Å². The Kier molecular flexibility index (Phi) is 4.49. The lowest BCUT2D eigenvalue weighted by Gasteiger charge is -2.39. The summed E-state index contributed by atoms with van der Waals surface area (Å²) < 4.78 is 40.8. The summed E-state index contributed by atoms with van der Waals surface area (Å²) in [6.07, 6.45) is 2.02. The number of fused-ring (bicyclic) bond motifs is 1. The number of carbonyl (C=O) groups excluding carboxylic acids is 1. The van der Waals surface area contributed by atoms with Gasteiger partial charge in [-0.3, -0.25) is 4.79 Å². The highest BCUT2D eigenvalue weighted by Gasteiger charge is 2.43. The summed E-state index contributed by atoms with van der Waals surface area (Å²) >= 11 is 0. The van der Waals surface area contributed by atoms with Crippen molar-refractivity contribution in [3.8, 4) is 11.5 Å². The Balaban J connectivity index is 1.17. The fraction of sp³-hybridized carbons (Fsp3) is 0.421. The van der Waals surface area contributed by atoms with Crippen molar-refractivity contribution in [2.24, 2.45) is 0 Å². The normalized spacial score (nSPS) is 23.9. The van der Waals surface area contributed by atoms with Crippen LogP contribution in [0.1, 0.15) is 23.8 Å². The summed E-state index contributed by atoms with van der Waals surface area (Å²) in [4.78, 5) is 14.3. The minimum absolute atomic E-state index is 0.0433. The van der Waals surface area contributed by atoms with Crippen molar-refractivity contribution < 1.29 is 27.1 Å². The maximum atomic E-state index is 12.7. The average Bonchev–Trinajstić information content (AvgIpc) is 3.40. The van der Waals surface area contributed by atoms with E-state index in [-0.39, 0.29) is 37.6 Å². The Morgan fingerprint density at radius 1 is 1.14 bits per heavy atom. The van der Waals surface area contributed by atoms with Crippen LogP contribution >= 0.6 is 0 Å². The minimum Gasteiger partial charge on any atom is -0.468 e. The lowest BCUT2D eigenvalue weighted by atomic mass is 10.0. The molecule has 0 saturated carbocycles. The summed E-state index contributed by atoms with van der Waals surface area (Å²) in [6.45, 7) is 0.651. The van der Waals surface area contributed by atoms with Crippen molar-refractivity contribution in [1.82, 2.24) is 15.8 Å². The Bertz CT molecular complexity index is 1020. The molecule has 9 nitrogen and oxygen atoms in total. The molecule has 1 aromatic carbocycles. The number of likely N-dealkylation sites (tertiary alicyclic amines) is 1. The molecule has 4 heterocycles. The molecule has 2 fully saturated rings. The fourth-order valence-corrected chi connectivity index (χ4v) is 5.45. The zero-order chi connectivity index (χ0) is 20.0. The predicted molar refractivity (Wildman–Crippen MR) is 102 cm³/mol. The summed E-state index contributed by atoms with van der Waals surface area (Å²) in [5, 5.41) is -0.546. The van der Waals surface area contributed by atoms with Crippen LogP contribution in [0.15, 0.2) is 41.0 Å². The number of nitrogens with one attached hydrogen (secondary N) is 2. The van der Waals surface area contributed by atoms with Gasteiger partial charge in [0.25, 0.3) is 0 Å². The van der Waals surface area contributed by atoms with Crippen LogP contribution in [0, 0.1) is 0 Å². The van der Waals surface area contributed by atoms with E-state index in [4.69, 9.17) is 13.9 Å². The second kappa shape index (κ2) is 7.05. The number of rotatable bonds is 5. The zero-order valence-electron chi connectivity index (χ0n) is 15.5. The molecule has 154 valence electrons. The molecule has 2 unspecified atom stereocenters. The number of carbonyl (C=O) groups is 1. The van der Waals surface area contributed by atoms with Crippen LogP contribution in [0.5, 0.6) is 11.5 Å². The average molecular weight is 419 g/mol. The molecular formula is C19H21N3O6S. The van der Waals surface area contributed by atoms with E-state index in [0.717, 1.165) is 11.3 Å². The third-order valence-electron chi connectivity index (χ3n) is 5.59. The van der Waals surface area contributed by atoms with Crippen LogP contribution in [-0.4, -0.2) is 50.4 Å². The molecule has 2 atom stereocenters. The fourth-order valence-electron chi connectivity index (χ4n) is 3.84. The molecule has 0 aliphatic carbocycles. The van der Waals surface area contributed by atoms with Crippen LogP contribution < -0.4 is 20.3 Å². The van der Waals surface area contributed by atoms with E-state index in [1.54, 1.807) is 17.0 Å². The summed E-state index contributed by atoms with van der Waals surface area (Å²) in [5.41, 5.74) is 7.18. The van der Waals surface area contributed by atoms with E-state index in [9.17, 15) is 13.2 Å². The largest absolute Gasteiger partial charge is 0.468 e. The first-order chi connectivity index (χ1) is 14.0. The van der Waals surface area contributed by atoms with Crippen LogP contribution in [-0.2, 0) is 20.4 Å². The van der Waals surface area contributed by atoms with Gasteiger partial charge in [-0.15, -0.1) is 0 Å². The molecular weight excluding hydrogens is 398 g/mol. The highest BCUT2D eigenvalue weighted by molar-refractivity contribution is 7.91. The molecule has 5 rings (SSSR count). The van der Waals surface area contributed by atoms with E-state index in [1.807, 2.05) is 18.2 Å². The van der Waals surface area contributed by atoms with Gasteiger partial charge >= 0.3 is 0 Å². The first-order valence-corrected chi connectivity index (χ1v) is 11.1. The van der Waals surface area contributed by atoms with Crippen LogP contribution in [0.3, 0.4) is 0 Å². The second-order valence-electron chi connectivity index (χ2n) is 7.49. The van der Waals surface area contributed by atoms with Gasteiger partial charge in [0.05, 0.1) is 11.5 Å². The van der Waals surface area contributed by atoms with E-state index < -0.39 is 21.1 Å². The smallest absolute Gasteiger partial charge is 0.241 e. The van der Waals surface area contributed by atoms with Crippen molar-refractivity contribution >= 4 is 15.7 Å². The number of sulfone groups is 1. The maximum absolute atomic E-state index is 12.7. The molecule has 3 aliphatic heterocycles. The van der Waals surface area contributed by atoms with Crippen molar-refractivity contribution in [2.75, 3.05) is 19.9 Å². The monoisotopic (exact) mass is 419 g/mol. The molecule has 3 aliphatic rings. The molecule has 1 amide bonds. The number of hydrazine groups is 1. The predicted octanol–water partition coefficient (Wildman–Crippen LogP) is 0.742. The highest BCUT2D eigenvalue weighted by Crippen LogP contribution is 2.36. The van der Waals surface area contributed by atoms with Crippen molar-refractivity contribution in [3.63, 3.8) is 0 Å². The standard InChI is InChI=1S/C19H21N3O6S/c23-19(22-8-14(9-22)29(24,25)10-13-2-1-5-26-13)16-7-15(20-21-16)12-3-4-17-18(6-12)28-11-27-17/h1-6,14-16,20-21H,7-11H2. The van der Waals surface area contributed by atoms with E-state index in [0.29, 0.717) is 17.9 Å². The Labute approximate surface area is 167 Å². The number of amides is 1. The molecule has 29 heavy (non-hydrogen) atoms. The highest BCUT2D eigenvalue weighted by atomic mass is 32.2. The maximum Gasteiger partial charge on any atom is 0.241 e. The van der Waals surface area contributed by atoms with Crippen molar-refractivity contribution in [1.29, 1.82) is 0 Å². The number of nitrogens with zero attached hydrogens (tertiary/aromatic N) is 1. The molecule has 0 radical (unpaired) electrons. The van der Waals surface area contributed by atoms with Gasteiger partial charge in [-0.1, -0.05) is 6.07 Å². The third kappa shape index (κ3) is 3.47. The van der Waals surface area contributed by atoms with Gasteiger partial charge in [-0.05, 0) is 36.2 Å². The van der Waals surface area contributed by atoms with Gasteiger partial charge in [-0.2, -0.15) is 0 Å². The summed E-state index contributed by atoms with van der Waals surface area (Å²) in [7, 11) is -3.35. The molecule has 0 bridgehead atoms. The molecule has 10 heteroatoms. The molecule has 1 aromatic heterocycles. The quantitative estimate of drug-likeness (QED) is 0.730. The van der Waals surface area contributed by atoms with Crippen LogP contribution in [0.2, 0.25) is 0 Å². The van der Waals surface area contributed by atoms with Crippen molar-refractivity contribution in [2.45, 2.75) is 29.5 Å². The lowest BCUT2D eigenvalue weighted by Crippen LogP contribution is -2.60. The number of ether oxygens (including phenoxy) is 2. The molecule has 2 saturated heterocycles. The number of hydrogen-bond acceptors (Lipinski definition) is 8. The Morgan fingerprint density at radius 2 is 1.97 bits per heavy atom. The number of hydrogen-bond donors (Lipinski definition) is 2. The first kappa shape index (κ1) is 18.5. The molecule has 2 aromatic rings. The number of furan rings is 1. The third-order valence-corrected chi connectivity index (χ3v) is 7.59. The minimum atomic E-state index is -3.35.